The first kappa shape index (κ1) is 13.9. The molecule has 112 valence electrons. The minimum atomic E-state index is -0.0331. The van der Waals surface area contributed by atoms with Crippen LogP contribution in [-0.4, -0.2) is 45.0 Å². The van der Waals surface area contributed by atoms with Gasteiger partial charge in [-0.05, 0) is 25.5 Å². The van der Waals surface area contributed by atoms with Gasteiger partial charge in [-0.2, -0.15) is 0 Å². The van der Waals surface area contributed by atoms with Crippen molar-refractivity contribution in [1.82, 2.24) is 24.8 Å². The molecular weight excluding hydrogens is 266 g/mol. The molecule has 1 unspecified atom stereocenters. The lowest BCUT2D eigenvalue weighted by Gasteiger charge is -2.35. The highest BCUT2D eigenvalue weighted by Gasteiger charge is 2.32. The van der Waals surface area contributed by atoms with Gasteiger partial charge >= 0.3 is 0 Å². The van der Waals surface area contributed by atoms with Gasteiger partial charge in [0.05, 0.1) is 0 Å². The van der Waals surface area contributed by atoms with Gasteiger partial charge in [-0.1, -0.05) is 0 Å². The first-order valence-electron chi connectivity index (χ1n) is 7.23. The molecule has 6 heteroatoms. The van der Waals surface area contributed by atoms with Gasteiger partial charge in [0.15, 0.2) is 0 Å². The number of nitrogens with zero attached hydrogens (tertiary/aromatic N) is 3. The average molecular weight is 287 g/mol. The van der Waals surface area contributed by atoms with Crippen molar-refractivity contribution < 1.29 is 4.79 Å². The van der Waals surface area contributed by atoms with Gasteiger partial charge in [0.1, 0.15) is 17.6 Å². The number of amides is 1. The zero-order valence-electron chi connectivity index (χ0n) is 12.7. The molecule has 2 aromatic heterocycles. The third-order valence-corrected chi connectivity index (χ3v) is 4.02. The number of piperazine rings is 1. The Bertz CT molecular complexity index is 657. The number of nitrogens with one attached hydrogen (secondary N) is 2. The smallest absolute Gasteiger partial charge is 0.271 e. The van der Waals surface area contributed by atoms with E-state index >= 15 is 0 Å². The number of H-pyrrole nitrogens is 1. The maximum atomic E-state index is 12.9. The molecule has 3 rings (SSSR count). The van der Waals surface area contributed by atoms with Crippen molar-refractivity contribution >= 4 is 5.91 Å². The maximum Gasteiger partial charge on any atom is 0.271 e. The predicted octanol–water partition coefficient (Wildman–Crippen LogP) is 1.15. The highest BCUT2D eigenvalue weighted by molar-refractivity contribution is 5.94. The minimum absolute atomic E-state index is 0.0331. The first-order valence-corrected chi connectivity index (χ1v) is 7.23. The fourth-order valence-electron chi connectivity index (χ4n) is 2.97. The van der Waals surface area contributed by atoms with E-state index < -0.39 is 0 Å². The summed E-state index contributed by atoms with van der Waals surface area (Å²) in [4.78, 5) is 22.4. The standard InChI is InChI=1S/C15H21N5O/c1-10-8-11(2)18-13(10)15(21)20-7-4-16-9-12(20)14-17-5-6-19(14)3/h5-6,8,12,16,18H,4,7,9H2,1-3H3. The van der Waals surface area contributed by atoms with E-state index in [4.69, 9.17) is 0 Å². The van der Waals surface area contributed by atoms with E-state index in [0.29, 0.717) is 12.2 Å². The number of carbonyl (C=O) groups is 1. The largest absolute Gasteiger partial charge is 0.354 e. The Morgan fingerprint density at radius 3 is 2.86 bits per heavy atom. The highest BCUT2D eigenvalue weighted by Crippen LogP contribution is 2.23. The van der Waals surface area contributed by atoms with Crippen LogP contribution in [0.15, 0.2) is 18.5 Å². The summed E-state index contributed by atoms with van der Waals surface area (Å²) in [6.45, 7) is 6.17. The van der Waals surface area contributed by atoms with Gasteiger partial charge < -0.3 is 19.8 Å². The second-order valence-electron chi connectivity index (χ2n) is 5.63. The molecule has 0 aromatic carbocycles. The number of aromatic amines is 1. The molecule has 1 saturated heterocycles. The van der Waals surface area contributed by atoms with Crippen molar-refractivity contribution in [3.63, 3.8) is 0 Å². The van der Waals surface area contributed by atoms with Crippen molar-refractivity contribution in [2.75, 3.05) is 19.6 Å². The van der Waals surface area contributed by atoms with Crippen LogP contribution >= 0.6 is 0 Å². The molecule has 0 spiro atoms. The Morgan fingerprint density at radius 2 is 2.24 bits per heavy atom. The average Bonchev–Trinajstić information content (AvgIpc) is 3.03. The molecule has 21 heavy (non-hydrogen) atoms. The lowest BCUT2D eigenvalue weighted by Crippen LogP contribution is -2.49. The van der Waals surface area contributed by atoms with Crippen LogP contribution in [0.4, 0.5) is 0 Å². The van der Waals surface area contributed by atoms with Crippen LogP contribution in [0.5, 0.6) is 0 Å². The normalized spacial score (nSPS) is 19.0. The Kier molecular flexibility index (Phi) is 3.55. The predicted molar refractivity (Wildman–Crippen MR) is 80.1 cm³/mol. The number of aromatic nitrogens is 3. The van der Waals surface area contributed by atoms with Crippen molar-refractivity contribution in [3.05, 3.63) is 41.2 Å². The monoisotopic (exact) mass is 287 g/mol. The first-order chi connectivity index (χ1) is 10.1. The topological polar surface area (TPSA) is 66.0 Å². The quantitative estimate of drug-likeness (QED) is 0.871. The summed E-state index contributed by atoms with van der Waals surface area (Å²) in [5, 5.41) is 3.35. The fraction of sp³-hybridized carbons (Fsp3) is 0.467. The highest BCUT2D eigenvalue weighted by atomic mass is 16.2. The molecule has 0 radical (unpaired) electrons. The molecule has 2 N–H and O–H groups in total. The molecule has 1 aliphatic rings. The molecule has 1 atom stereocenters. The van der Waals surface area contributed by atoms with Crippen LogP contribution in [0.25, 0.3) is 0 Å². The van der Waals surface area contributed by atoms with Crippen molar-refractivity contribution in [3.8, 4) is 0 Å². The Hall–Kier alpha value is -2.08. The van der Waals surface area contributed by atoms with E-state index in [1.54, 1.807) is 6.20 Å². The molecule has 6 nitrogen and oxygen atoms in total. The number of aryl methyl sites for hydroxylation is 3. The zero-order valence-corrected chi connectivity index (χ0v) is 12.7. The second-order valence-corrected chi connectivity index (χ2v) is 5.63. The molecule has 2 aromatic rings. The van der Waals surface area contributed by atoms with Gasteiger partial charge in [-0.3, -0.25) is 4.79 Å². The second kappa shape index (κ2) is 5.37. The van der Waals surface area contributed by atoms with Crippen LogP contribution in [0.1, 0.15) is 33.6 Å². The van der Waals surface area contributed by atoms with Gasteiger partial charge in [0, 0.05) is 44.8 Å². The van der Waals surface area contributed by atoms with E-state index in [9.17, 15) is 4.79 Å². The summed E-state index contributed by atoms with van der Waals surface area (Å²) in [6.07, 6.45) is 3.69. The zero-order chi connectivity index (χ0) is 15.0. The van der Waals surface area contributed by atoms with Crippen molar-refractivity contribution in [2.45, 2.75) is 19.9 Å². The summed E-state index contributed by atoms with van der Waals surface area (Å²) < 4.78 is 1.98. The summed E-state index contributed by atoms with van der Waals surface area (Å²) >= 11 is 0. The molecule has 3 heterocycles. The molecule has 0 aliphatic carbocycles. The number of imidazole rings is 1. The van der Waals surface area contributed by atoms with E-state index in [2.05, 4.69) is 15.3 Å². The molecular formula is C15H21N5O. The third-order valence-electron chi connectivity index (χ3n) is 4.02. The lowest BCUT2D eigenvalue weighted by atomic mass is 10.1. The van der Waals surface area contributed by atoms with Crippen LogP contribution < -0.4 is 5.32 Å². The van der Waals surface area contributed by atoms with Crippen molar-refractivity contribution in [1.29, 1.82) is 0 Å². The van der Waals surface area contributed by atoms with Crippen LogP contribution in [0.2, 0.25) is 0 Å². The number of carbonyl (C=O) groups excluding carboxylic acids is 1. The van der Waals surface area contributed by atoms with Crippen LogP contribution in [0.3, 0.4) is 0 Å². The molecule has 1 aliphatic heterocycles. The third kappa shape index (κ3) is 2.47. The summed E-state index contributed by atoms with van der Waals surface area (Å²) in [5.41, 5.74) is 2.70. The van der Waals surface area contributed by atoms with E-state index in [0.717, 1.165) is 30.2 Å². The SMILES string of the molecule is Cc1cc(C)c(C(=O)N2CCNCC2c2nccn2C)[nH]1. The van der Waals surface area contributed by atoms with E-state index in [1.807, 2.05) is 42.6 Å². The van der Waals surface area contributed by atoms with Gasteiger partial charge in [-0.15, -0.1) is 0 Å². The number of hydrogen-bond acceptors (Lipinski definition) is 3. The Labute approximate surface area is 124 Å². The molecule has 0 saturated carbocycles. The molecule has 1 fully saturated rings. The van der Waals surface area contributed by atoms with Gasteiger partial charge in [-0.25, -0.2) is 4.98 Å². The van der Waals surface area contributed by atoms with Crippen LogP contribution in [-0.2, 0) is 7.05 Å². The minimum Gasteiger partial charge on any atom is -0.354 e. The van der Waals surface area contributed by atoms with Crippen molar-refractivity contribution in [2.24, 2.45) is 7.05 Å². The fourth-order valence-corrected chi connectivity index (χ4v) is 2.97. The van der Waals surface area contributed by atoms with E-state index in [-0.39, 0.29) is 11.9 Å². The molecule has 0 bridgehead atoms. The Morgan fingerprint density at radius 1 is 1.43 bits per heavy atom. The van der Waals surface area contributed by atoms with E-state index in [1.165, 1.54) is 0 Å². The van der Waals surface area contributed by atoms with Crippen LogP contribution in [0, 0.1) is 13.8 Å². The summed E-state index contributed by atoms with van der Waals surface area (Å²) in [5.74, 6) is 0.964. The number of rotatable bonds is 2. The molecule has 1 amide bonds. The van der Waals surface area contributed by atoms with Gasteiger partial charge in [0.25, 0.3) is 5.91 Å². The number of hydrogen-bond donors (Lipinski definition) is 2. The summed E-state index contributed by atoms with van der Waals surface area (Å²) in [6, 6.07) is 1.97. The maximum absolute atomic E-state index is 12.9. The lowest BCUT2D eigenvalue weighted by molar-refractivity contribution is 0.0614. The van der Waals surface area contributed by atoms with Gasteiger partial charge in [0.2, 0.25) is 0 Å². The summed E-state index contributed by atoms with van der Waals surface area (Å²) in [7, 11) is 1.96. The Balaban J connectivity index is 1.93.